The van der Waals surface area contributed by atoms with Gasteiger partial charge < -0.3 is 9.47 Å². The average molecular weight is 312 g/mol. The van der Waals surface area contributed by atoms with Crippen molar-refractivity contribution in [2.45, 2.75) is 45.6 Å². The Morgan fingerprint density at radius 1 is 1.17 bits per heavy atom. The molecule has 1 amide bonds. The second-order valence-electron chi connectivity index (χ2n) is 6.29. The van der Waals surface area contributed by atoms with Gasteiger partial charge in [-0.05, 0) is 24.8 Å². The zero-order valence-electron chi connectivity index (χ0n) is 13.8. The van der Waals surface area contributed by atoms with Crippen LogP contribution in [0.5, 0.6) is 0 Å². The molecule has 1 fully saturated rings. The van der Waals surface area contributed by atoms with Crippen LogP contribution in [-0.4, -0.2) is 34.7 Å². The van der Waals surface area contributed by atoms with Gasteiger partial charge in [-0.1, -0.05) is 38.0 Å². The molecule has 1 aliphatic heterocycles. The number of rotatable bonds is 4. The maximum atomic E-state index is 12.7. The standard InChI is InChI=1S/C19H24N2O2/c1-2-15-8-7-9-17-16(14-22)12-21(19(15)17)13-18(23)20-10-5-3-4-6-11-20/h7-9,12,14H,2-6,10-11,13H2,1H3. The highest BCUT2D eigenvalue weighted by molar-refractivity contribution is 5.99. The van der Waals surface area contributed by atoms with Crippen LogP contribution in [0.15, 0.2) is 24.4 Å². The second kappa shape index (κ2) is 6.99. The molecule has 4 heteroatoms. The number of hydrogen-bond donors (Lipinski definition) is 0. The Kier molecular flexibility index (Phi) is 4.79. The number of aryl methyl sites for hydroxylation is 1. The summed E-state index contributed by atoms with van der Waals surface area (Å²) in [5.41, 5.74) is 2.87. The number of aldehydes is 1. The third-order valence-electron chi connectivity index (χ3n) is 4.78. The number of likely N-dealkylation sites (tertiary alicyclic amines) is 1. The van der Waals surface area contributed by atoms with E-state index in [1.807, 2.05) is 27.8 Å². The lowest BCUT2D eigenvalue weighted by Crippen LogP contribution is -2.34. The van der Waals surface area contributed by atoms with E-state index in [-0.39, 0.29) is 5.91 Å². The molecule has 2 aromatic rings. The van der Waals surface area contributed by atoms with Crippen molar-refractivity contribution in [1.29, 1.82) is 0 Å². The molecule has 3 rings (SSSR count). The van der Waals surface area contributed by atoms with E-state index in [2.05, 4.69) is 13.0 Å². The van der Waals surface area contributed by atoms with Crippen LogP contribution in [0.4, 0.5) is 0 Å². The van der Waals surface area contributed by atoms with Crippen molar-refractivity contribution in [2.24, 2.45) is 0 Å². The van der Waals surface area contributed by atoms with E-state index in [9.17, 15) is 9.59 Å². The molecule has 0 saturated carbocycles. The maximum absolute atomic E-state index is 12.7. The van der Waals surface area contributed by atoms with Crippen LogP contribution in [0.3, 0.4) is 0 Å². The number of nitrogens with zero attached hydrogens (tertiary/aromatic N) is 2. The van der Waals surface area contributed by atoms with E-state index in [0.29, 0.717) is 12.1 Å². The molecular formula is C19H24N2O2. The van der Waals surface area contributed by atoms with Crippen LogP contribution < -0.4 is 0 Å². The monoisotopic (exact) mass is 312 g/mol. The fraction of sp³-hybridized carbons (Fsp3) is 0.474. The molecule has 0 bridgehead atoms. The van der Waals surface area contributed by atoms with Crippen molar-refractivity contribution < 1.29 is 9.59 Å². The zero-order chi connectivity index (χ0) is 16.2. The smallest absolute Gasteiger partial charge is 0.242 e. The van der Waals surface area contributed by atoms with E-state index in [1.54, 1.807) is 0 Å². The van der Waals surface area contributed by atoms with Gasteiger partial charge in [0.2, 0.25) is 5.91 Å². The van der Waals surface area contributed by atoms with Crippen LogP contribution in [0.2, 0.25) is 0 Å². The molecular weight excluding hydrogens is 288 g/mol. The van der Waals surface area contributed by atoms with Crippen LogP contribution in [0.1, 0.15) is 48.5 Å². The Labute approximate surface area is 137 Å². The zero-order valence-corrected chi connectivity index (χ0v) is 13.8. The highest BCUT2D eigenvalue weighted by Crippen LogP contribution is 2.25. The van der Waals surface area contributed by atoms with Gasteiger partial charge in [0, 0.05) is 30.2 Å². The lowest BCUT2D eigenvalue weighted by atomic mass is 10.1. The molecule has 0 N–H and O–H groups in total. The van der Waals surface area contributed by atoms with Gasteiger partial charge in [-0.3, -0.25) is 9.59 Å². The fourth-order valence-corrected chi connectivity index (χ4v) is 3.54. The minimum Gasteiger partial charge on any atom is -0.341 e. The molecule has 0 aliphatic carbocycles. The molecule has 4 nitrogen and oxygen atoms in total. The number of carbonyl (C=O) groups is 2. The normalized spacial score (nSPS) is 15.6. The summed E-state index contributed by atoms with van der Waals surface area (Å²) >= 11 is 0. The highest BCUT2D eigenvalue weighted by Gasteiger charge is 2.18. The van der Waals surface area contributed by atoms with Gasteiger partial charge in [0.05, 0.1) is 5.52 Å². The summed E-state index contributed by atoms with van der Waals surface area (Å²) in [6, 6.07) is 6.02. The molecule has 1 aromatic heterocycles. The predicted molar refractivity (Wildman–Crippen MR) is 91.8 cm³/mol. The van der Waals surface area contributed by atoms with E-state index in [4.69, 9.17) is 0 Å². The van der Waals surface area contributed by atoms with Gasteiger partial charge in [-0.15, -0.1) is 0 Å². The van der Waals surface area contributed by atoms with Crippen LogP contribution in [0.25, 0.3) is 10.9 Å². The minimum atomic E-state index is 0.159. The van der Waals surface area contributed by atoms with Crippen LogP contribution in [-0.2, 0) is 17.8 Å². The second-order valence-corrected chi connectivity index (χ2v) is 6.29. The number of aromatic nitrogens is 1. The van der Waals surface area contributed by atoms with E-state index in [1.165, 1.54) is 18.4 Å². The summed E-state index contributed by atoms with van der Waals surface area (Å²) in [5.74, 6) is 0.159. The van der Waals surface area contributed by atoms with Crippen LogP contribution >= 0.6 is 0 Å². The first-order chi connectivity index (χ1) is 11.2. The largest absolute Gasteiger partial charge is 0.341 e. The molecule has 0 radical (unpaired) electrons. The van der Waals surface area contributed by atoms with Crippen LogP contribution in [0, 0.1) is 0 Å². The van der Waals surface area contributed by atoms with Crippen molar-refractivity contribution in [3.8, 4) is 0 Å². The minimum absolute atomic E-state index is 0.159. The number of para-hydroxylation sites is 1. The van der Waals surface area contributed by atoms with Gasteiger partial charge in [0.25, 0.3) is 0 Å². The van der Waals surface area contributed by atoms with Crippen molar-refractivity contribution in [2.75, 3.05) is 13.1 Å². The first kappa shape index (κ1) is 15.8. The molecule has 1 aromatic carbocycles. The molecule has 1 saturated heterocycles. The Morgan fingerprint density at radius 2 is 1.91 bits per heavy atom. The summed E-state index contributed by atoms with van der Waals surface area (Å²) in [4.78, 5) is 26.0. The first-order valence-corrected chi connectivity index (χ1v) is 8.58. The Balaban J connectivity index is 1.92. The molecule has 2 heterocycles. The van der Waals surface area contributed by atoms with Gasteiger partial charge in [0.15, 0.2) is 6.29 Å². The van der Waals surface area contributed by atoms with E-state index >= 15 is 0 Å². The highest BCUT2D eigenvalue weighted by atomic mass is 16.2. The number of hydrogen-bond acceptors (Lipinski definition) is 2. The summed E-state index contributed by atoms with van der Waals surface area (Å²) in [6.07, 6.45) is 8.21. The third-order valence-corrected chi connectivity index (χ3v) is 4.78. The molecule has 0 unspecified atom stereocenters. The quantitative estimate of drug-likeness (QED) is 0.812. The number of amides is 1. The van der Waals surface area contributed by atoms with Gasteiger partial charge in [0.1, 0.15) is 6.54 Å². The van der Waals surface area contributed by atoms with E-state index in [0.717, 1.165) is 49.5 Å². The summed E-state index contributed by atoms with van der Waals surface area (Å²) in [6.45, 7) is 4.14. The number of benzene rings is 1. The molecule has 1 aliphatic rings. The van der Waals surface area contributed by atoms with Gasteiger partial charge in [-0.25, -0.2) is 0 Å². The summed E-state index contributed by atoms with van der Waals surface area (Å²) in [5, 5.41) is 0.947. The van der Waals surface area contributed by atoms with Crippen molar-refractivity contribution >= 4 is 23.1 Å². The first-order valence-electron chi connectivity index (χ1n) is 8.58. The Hall–Kier alpha value is -2.10. The lowest BCUT2D eigenvalue weighted by Gasteiger charge is -2.21. The number of carbonyl (C=O) groups excluding carboxylic acids is 2. The SMILES string of the molecule is CCc1cccc2c(C=O)cn(CC(=O)N3CCCCCC3)c12. The van der Waals surface area contributed by atoms with Crippen molar-refractivity contribution in [1.82, 2.24) is 9.47 Å². The Bertz CT molecular complexity index is 709. The molecule has 23 heavy (non-hydrogen) atoms. The van der Waals surface area contributed by atoms with Crippen molar-refractivity contribution in [3.05, 3.63) is 35.5 Å². The molecule has 0 spiro atoms. The van der Waals surface area contributed by atoms with Gasteiger partial charge >= 0.3 is 0 Å². The molecule has 122 valence electrons. The average Bonchev–Trinajstić information content (AvgIpc) is 2.76. The Morgan fingerprint density at radius 3 is 2.57 bits per heavy atom. The van der Waals surface area contributed by atoms with Gasteiger partial charge in [-0.2, -0.15) is 0 Å². The number of fused-ring (bicyclic) bond motifs is 1. The lowest BCUT2D eigenvalue weighted by molar-refractivity contribution is -0.131. The third kappa shape index (κ3) is 3.16. The summed E-state index contributed by atoms with van der Waals surface area (Å²) < 4.78 is 1.96. The van der Waals surface area contributed by atoms with Crippen molar-refractivity contribution in [3.63, 3.8) is 0 Å². The maximum Gasteiger partial charge on any atom is 0.242 e. The fourth-order valence-electron chi connectivity index (χ4n) is 3.54. The topological polar surface area (TPSA) is 42.3 Å². The van der Waals surface area contributed by atoms with E-state index < -0.39 is 0 Å². The predicted octanol–water partition coefficient (Wildman–Crippen LogP) is 3.42. The summed E-state index contributed by atoms with van der Waals surface area (Å²) in [7, 11) is 0. The molecule has 0 atom stereocenters.